The van der Waals surface area contributed by atoms with Crippen molar-refractivity contribution in [2.45, 2.75) is 36.6 Å². The van der Waals surface area contributed by atoms with Crippen molar-refractivity contribution < 1.29 is 13.2 Å². The van der Waals surface area contributed by atoms with E-state index in [1.807, 2.05) is 36.4 Å². The number of nitrogens with zero attached hydrogens (tertiary/aromatic N) is 5. The lowest BCUT2D eigenvalue weighted by atomic mass is 9.83. The molecule has 2 N–H and O–H groups in total. The molecule has 0 spiro atoms. The Labute approximate surface area is 270 Å². The fraction of sp³-hybridized carbons (Fsp3) is 0.219. The van der Waals surface area contributed by atoms with E-state index in [0.717, 1.165) is 16.1 Å². The molecule has 0 unspecified atom stereocenters. The van der Waals surface area contributed by atoms with E-state index in [9.17, 15) is 13.2 Å². The minimum Gasteiger partial charge on any atom is -0.333 e. The molecule has 1 fully saturated rings. The molecular weight excluding hydrogens is 630 g/mol. The Hall–Kier alpha value is -4.23. The molecule has 0 aliphatic heterocycles. The summed E-state index contributed by atoms with van der Waals surface area (Å²) in [4.78, 5) is 20.5. The summed E-state index contributed by atoms with van der Waals surface area (Å²) >= 11 is 7.57. The molecule has 2 aromatic heterocycles. The molecule has 1 aliphatic carbocycles. The molecular formula is C32H30ClN7O3S2. The van der Waals surface area contributed by atoms with Crippen molar-refractivity contribution in [2.75, 3.05) is 13.1 Å². The van der Waals surface area contributed by atoms with Gasteiger partial charge in [0.2, 0.25) is 15.8 Å². The number of carbonyl (C=O) groups is 1. The second-order valence-electron chi connectivity index (χ2n) is 10.7. The van der Waals surface area contributed by atoms with Gasteiger partial charge in [0.15, 0.2) is 0 Å². The highest BCUT2D eigenvalue weighted by atomic mass is 35.5. The predicted octanol–water partition coefficient (Wildman–Crippen LogP) is 6.04. The summed E-state index contributed by atoms with van der Waals surface area (Å²) in [5, 5.41) is 17.7. The number of amides is 1. The number of carbonyl (C=O) groups excluding carboxylic acids is 1. The third-order valence-corrected chi connectivity index (χ3v) is 10.2. The van der Waals surface area contributed by atoms with Gasteiger partial charge in [-0.1, -0.05) is 60.5 Å². The summed E-state index contributed by atoms with van der Waals surface area (Å²) in [6.07, 6.45) is 7.74. The zero-order chi connectivity index (χ0) is 31.2. The van der Waals surface area contributed by atoms with Gasteiger partial charge in [0.05, 0.1) is 16.2 Å². The van der Waals surface area contributed by atoms with E-state index < -0.39 is 10.0 Å². The van der Waals surface area contributed by atoms with E-state index in [-0.39, 0.29) is 36.3 Å². The number of hydrogen-bond acceptors (Lipinski definition) is 8. The van der Waals surface area contributed by atoms with Crippen molar-refractivity contribution in [2.24, 2.45) is 0 Å². The number of sulfonamides is 1. The molecule has 0 radical (unpaired) electrons. The average Bonchev–Trinajstić information content (AvgIpc) is 3.72. The Kier molecular flexibility index (Phi) is 9.45. The fourth-order valence-corrected chi connectivity index (χ4v) is 6.97. The van der Waals surface area contributed by atoms with Gasteiger partial charge in [-0.25, -0.2) is 18.1 Å². The smallest absolute Gasteiger partial charge is 0.254 e. The first-order valence-corrected chi connectivity index (χ1v) is 17.2. The van der Waals surface area contributed by atoms with Crippen molar-refractivity contribution in [3.63, 3.8) is 0 Å². The quantitative estimate of drug-likeness (QED) is 0.167. The van der Waals surface area contributed by atoms with E-state index in [2.05, 4.69) is 30.7 Å². The van der Waals surface area contributed by atoms with Crippen LogP contribution < -0.4 is 4.72 Å². The van der Waals surface area contributed by atoms with E-state index in [0.29, 0.717) is 22.1 Å². The molecule has 45 heavy (non-hydrogen) atoms. The lowest BCUT2D eigenvalue weighted by Crippen LogP contribution is -2.38. The van der Waals surface area contributed by atoms with Gasteiger partial charge < -0.3 is 4.90 Å². The van der Waals surface area contributed by atoms with Crippen LogP contribution in [-0.2, 0) is 16.6 Å². The zero-order valence-corrected chi connectivity index (χ0v) is 26.5. The SMILES string of the molecule is O=C(c1ccccc1-c1nn[nH]n1)N(CCNS(=O)(=O)c1ccc(Cl)cc1)Cc1cccc(/C=C/c2nc(C3CCC3)cs2)c1. The van der Waals surface area contributed by atoms with Crippen LogP contribution in [0.25, 0.3) is 23.5 Å². The van der Waals surface area contributed by atoms with Crippen LogP contribution >= 0.6 is 22.9 Å². The van der Waals surface area contributed by atoms with Crippen molar-refractivity contribution >= 4 is 51.0 Å². The van der Waals surface area contributed by atoms with Crippen molar-refractivity contribution in [3.05, 3.63) is 111 Å². The number of H-pyrrole nitrogens is 1. The molecule has 0 saturated heterocycles. The van der Waals surface area contributed by atoms with Crippen molar-refractivity contribution in [3.8, 4) is 11.4 Å². The fourth-order valence-electron chi connectivity index (χ4n) is 5.03. The Balaban J connectivity index is 1.22. The van der Waals surface area contributed by atoms with Crippen LogP contribution in [0.1, 0.15) is 57.4 Å². The average molecular weight is 660 g/mol. The molecule has 1 amide bonds. The van der Waals surface area contributed by atoms with E-state index in [1.54, 1.807) is 40.5 Å². The highest BCUT2D eigenvalue weighted by Crippen LogP contribution is 2.36. The van der Waals surface area contributed by atoms with Crippen LogP contribution in [0.5, 0.6) is 0 Å². The summed E-state index contributed by atoms with van der Waals surface area (Å²) < 4.78 is 28.5. The number of thiazole rings is 1. The van der Waals surface area contributed by atoms with Crippen LogP contribution in [0.3, 0.4) is 0 Å². The second kappa shape index (κ2) is 13.8. The summed E-state index contributed by atoms with van der Waals surface area (Å²) in [6.45, 7) is 0.343. The van der Waals surface area contributed by atoms with Crippen LogP contribution in [0.4, 0.5) is 0 Å². The first kappa shape index (κ1) is 30.8. The van der Waals surface area contributed by atoms with Gasteiger partial charge in [-0.2, -0.15) is 5.21 Å². The number of benzene rings is 3. The molecule has 10 nitrogen and oxygen atoms in total. The Morgan fingerprint density at radius 1 is 1.07 bits per heavy atom. The van der Waals surface area contributed by atoms with Gasteiger partial charge in [-0.3, -0.25) is 4.79 Å². The number of tetrazole rings is 1. The topological polar surface area (TPSA) is 134 Å². The third kappa shape index (κ3) is 7.54. The van der Waals surface area contributed by atoms with Crippen molar-refractivity contribution in [1.82, 2.24) is 35.2 Å². The molecule has 0 atom stereocenters. The van der Waals surface area contributed by atoms with E-state index in [4.69, 9.17) is 16.6 Å². The molecule has 2 heterocycles. The molecule has 3 aromatic carbocycles. The molecule has 230 valence electrons. The zero-order valence-electron chi connectivity index (χ0n) is 24.1. The molecule has 1 aliphatic rings. The van der Waals surface area contributed by atoms with Crippen molar-refractivity contribution in [1.29, 1.82) is 0 Å². The lowest BCUT2D eigenvalue weighted by Gasteiger charge is -2.24. The molecule has 1 saturated carbocycles. The number of rotatable bonds is 12. The van der Waals surface area contributed by atoms with Crippen LogP contribution in [-0.4, -0.2) is 57.9 Å². The largest absolute Gasteiger partial charge is 0.333 e. The van der Waals surface area contributed by atoms with Crippen LogP contribution in [0.15, 0.2) is 83.1 Å². The first-order chi connectivity index (χ1) is 21.9. The molecule has 0 bridgehead atoms. The first-order valence-electron chi connectivity index (χ1n) is 14.5. The minimum absolute atomic E-state index is 0.00591. The minimum atomic E-state index is -3.81. The maximum absolute atomic E-state index is 14.0. The number of halogens is 1. The normalized spacial score (nSPS) is 13.6. The Bertz CT molecular complexity index is 1900. The van der Waals surface area contributed by atoms with Gasteiger partial charge in [-0.05, 0) is 71.7 Å². The van der Waals surface area contributed by atoms with Gasteiger partial charge in [0.1, 0.15) is 5.01 Å². The maximum Gasteiger partial charge on any atom is 0.254 e. The lowest BCUT2D eigenvalue weighted by molar-refractivity contribution is 0.0747. The van der Waals surface area contributed by atoms with Gasteiger partial charge >= 0.3 is 0 Å². The van der Waals surface area contributed by atoms with E-state index >= 15 is 0 Å². The summed E-state index contributed by atoms with van der Waals surface area (Å²) in [5.74, 6) is 0.585. The standard InChI is InChI=1S/C32H30ClN7O3S2/c33-25-12-14-26(15-13-25)45(42,43)34-17-18-40(32(41)28-10-2-1-9-27(28)31-36-38-39-37-31)20-23-6-3-5-22(19-23)11-16-30-35-29(21-44-30)24-7-4-8-24/h1-3,5-6,9-16,19,21,24,34H,4,7-8,17-18,20H2,(H,36,37,38,39)/b16-11+. The van der Waals surface area contributed by atoms with Crippen LogP contribution in [0.2, 0.25) is 5.02 Å². The Morgan fingerprint density at radius 3 is 2.64 bits per heavy atom. The van der Waals surface area contributed by atoms with Gasteiger partial charge in [0.25, 0.3) is 5.91 Å². The number of hydrogen-bond donors (Lipinski definition) is 2. The highest BCUT2D eigenvalue weighted by molar-refractivity contribution is 7.89. The van der Waals surface area contributed by atoms with Crippen LogP contribution in [0, 0.1) is 0 Å². The number of aromatic amines is 1. The maximum atomic E-state index is 14.0. The number of aromatic nitrogens is 5. The summed E-state index contributed by atoms with van der Waals surface area (Å²) in [6, 6.07) is 20.8. The van der Waals surface area contributed by atoms with E-state index in [1.165, 1.54) is 49.2 Å². The number of nitrogens with one attached hydrogen (secondary N) is 2. The summed E-state index contributed by atoms with van der Waals surface area (Å²) in [7, 11) is -3.81. The Morgan fingerprint density at radius 2 is 1.89 bits per heavy atom. The predicted molar refractivity (Wildman–Crippen MR) is 175 cm³/mol. The van der Waals surface area contributed by atoms with Gasteiger partial charge in [-0.15, -0.1) is 21.5 Å². The van der Waals surface area contributed by atoms with Gasteiger partial charge in [0, 0.05) is 41.5 Å². The third-order valence-electron chi connectivity index (χ3n) is 7.63. The molecule has 6 rings (SSSR count). The second-order valence-corrected chi connectivity index (χ2v) is 13.8. The molecule has 5 aromatic rings. The summed E-state index contributed by atoms with van der Waals surface area (Å²) in [5.41, 5.74) is 3.93. The highest BCUT2D eigenvalue weighted by Gasteiger charge is 2.23. The molecule has 13 heteroatoms. The monoisotopic (exact) mass is 659 g/mol.